The van der Waals surface area contributed by atoms with E-state index >= 15 is 0 Å². The van der Waals surface area contributed by atoms with Gasteiger partial charge in [-0.15, -0.1) is 11.3 Å². The molecule has 0 saturated heterocycles. The topological polar surface area (TPSA) is 70.4 Å². The highest BCUT2D eigenvalue weighted by Gasteiger charge is 2.22. The van der Waals surface area contributed by atoms with Crippen molar-refractivity contribution in [2.45, 2.75) is 37.4 Å². The third kappa shape index (κ3) is 4.17. The molecule has 0 fully saturated rings. The highest BCUT2D eigenvalue weighted by atomic mass is 32.2. The molecule has 0 radical (unpaired) electrons. The summed E-state index contributed by atoms with van der Waals surface area (Å²) in [6.07, 6.45) is 4.23. The number of fused-ring (bicyclic) bond motifs is 3. The van der Waals surface area contributed by atoms with Crippen molar-refractivity contribution in [2.75, 3.05) is 26.6 Å². The fraction of sp³-hybridized carbons (Fsp3) is 0.409. The molecule has 1 aliphatic rings. The van der Waals surface area contributed by atoms with Crippen LogP contribution in [0.15, 0.2) is 34.2 Å². The van der Waals surface area contributed by atoms with Crippen LogP contribution in [0.25, 0.3) is 10.2 Å². The van der Waals surface area contributed by atoms with Gasteiger partial charge in [-0.3, -0.25) is 14.2 Å². The average Bonchev–Trinajstić information content (AvgIpc) is 3.15. The lowest BCUT2D eigenvalue weighted by Gasteiger charge is -2.13. The van der Waals surface area contributed by atoms with Gasteiger partial charge in [-0.1, -0.05) is 23.9 Å². The quantitative estimate of drug-likeness (QED) is 0.297. The number of hydrogen-bond acceptors (Lipinski definition) is 7. The molecule has 6 nitrogen and oxygen atoms in total. The summed E-state index contributed by atoms with van der Waals surface area (Å²) in [5.41, 5.74) is 1.74. The maximum absolute atomic E-state index is 13.3. The van der Waals surface area contributed by atoms with E-state index in [0.717, 1.165) is 35.9 Å². The van der Waals surface area contributed by atoms with Gasteiger partial charge in [0.1, 0.15) is 10.6 Å². The van der Waals surface area contributed by atoms with Crippen LogP contribution in [0.3, 0.4) is 0 Å². The van der Waals surface area contributed by atoms with Crippen LogP contribution in [0.5, 0.6) is 5.75 Å². The molecule has 8 heteroatoms. The number of carbonyl (C=O) groups is 1. The average molecular weight is 445 g/mol. The first-order valence-corrected chi connectivity index (χ1v) is 11.8. The number of Topliss-reactive ketones (excluding diaryl/α,β-unsaturated/α-hetero) is 1. The van der Waals surface area contributed by atoms with Crippen molar-refractivity contribution in [2.24, 2.45) is 0 Å². The summed E-state index contributed by atoms with van der Waals surface area (Å²) in [6, 6.07) is 7.10. The van der Waals surface area contributed by atoms with Gasteiger partial charge in [0, 0.05) is 17.6 Å². The number of hydrogen-bond donors (Lipinski definition) is 0. The molecule has 0 unspecified atom stereocenters. The Morgan fingerprint density at radius 2 is 2.10 bits per heavy atom. The van der Waals surface area contributed by atoms with Crippen molar-refractivity contribution in [3.05, 3.63) is 50.6 Å². The molecular weight excluding hydrogens is 420 g/mol. The molecule has 158 valence electrons. The van der Waals surface area contributed by atoms with E-state index in [4.69, 9.17) is 14.5 Å². The van der Waals surface area contributed by atoms with Gasteiger partial charge in [-0.05, 0) is 43.4 Å². The van der Waals surface area contributed by atoms with Crippen molar-refractivity contribution in [1.82, 2.24) is 9.55 Å². The van der Waals surface area contributed by atoms with Crippen molar-refractivity contribution in [3.8, 4) is 5.75 Å². The number of ether oxygens (including phenoxy) is 2. The minimum Gasteiger partial charge on any atom is -0.497 e. The summed E-state index contributed by atoms with van der Waals surface area (Å²) in [5.74, 6) is 0.812. The van der Waals surface area contributed by atoms with Crippen LogP contribution in [0.4, 0.5) is 0 Å². The number of nitrogens with zero attached hydrogens (tertiary/aromatic N) is 2. The van der Waals surface area contributed by atoms with Crippen molar-refractivity contribution in [3.63, 3.8) is 0 Å². The Kier molecular flexibility index (Phi) is 6.55. The van der Waals surface area contributed by atoms with Gasteiger partial charge >= 0.3 is 0 Å². The molecule has 0 saturated carbocycles. The summed E-state index contributed by atoms with van der Waals surface area (Å²) in [5, 5.41) is 1.33. The van der Waals surface area contributed by atoms with Crippen LogP contribution >= 0.6 is 23.1 Å². The molecule has 4 rings (SSSR count). The first-order valence-electron chi connectivity index (χ1n) is 9.96. The summed E-state index contributed by atoms with van der Waals surface area (Å²) >= 11 is 2.93. The number of aromatic nitrogens is 2. The Morgan fingerprint density at radius 1 is 1.27 bits per heavy atom. The van der Waals surface area contributed by atoms with Crippen LogP contribution < -0.4 is 10.3 Å². The number of ketones is 1. The number of benzene rings is 1. The number of rotatable bonds is 8. The van der Waals surface area contributed by atoms with Gasteiger partial charge in [0.15, 0.2) is 10.9 Å². The summed E-state index contributed by atoms with van der Waals surface area (Å²) < 4.78 is 12.1. The standard InChI is InChI=1S/C22H24N2O4S2/c1-27-11-10-24-21(26)19-16-8-3-4-9-18(16)30-20(19)23-22(24)29-13-17(25)14-6-5-7-15(12-14)28-2/h5-7,12H,3-4,8-11,13H2,1-2H3. The maximum Gasteiger partial charge on any atom is 0.263 e. The highest BCUT2D eigenvalue weighted by Crippen LogP contribution is 2.34. The zero-order chi connectivity index (χ0) is 21.1. The minimum atomic E-state index is -0.0305. The van der Waals surface area contributed by atoms with E-state index in [2.05, 4.69) is 0 Å². The van der Waals surface area contributed by atoms with Gasteiger partial charge in [0.2, 0.25) is 0 Å². The van der Waals surface area contributed by atoms with Gasteiger partial charge in [-0.2, -0.15) is 0 Å². The number of aryl methyl sites for hydroxylation is 2. The lowest BCUT2D eigenvalue weighted by molar-refractivity contribution is 0.102. The first kappa shape index (κ1) is 21.1. The number of carbonyl (C=O) groups excluding carboxylic acids is 1. The molecule has 2 heterocycles. The van der Waals surface area contributed by atoms with Crippen LogP contribution in [-0.4, -0.2) is 41.9 Å². The van der Waals surface area contributed by atoms with Crippen LogP contribution in [0, 0.1) is 0 Å². The molecule has 3 aromatic rings. The van der Waals surface area contributed by atoms with Crippen LogP contribution in [0.1, 0.15) is 33.6 Å². The maximum atomic E-state index is 13.3. The zero-order valence-corrected chi connectivity index (χ0v) is 18.7. The lowest BCUT2D eigenvalue weighted by atomic mass is 9.97. The van der Waals surface area contributed by atoms with E-state index in [-0.39, 0.29) is 17.1 Å². The SMILES string of the molecule is COCCn1c(SCC(=O)c2cccc(OC)c2)nc2sc3c(c2c1=O)CCCC3. The van der Waals surface area contributed by atoms with E-state index < -0.39 is 0 Å². The molecular formula is C22H24N2O4S2. The molecule has 30 heavy (non-hydrogen) atoms. The molecule has 0 N–H and O–H groups in total. The zero-order valence-electron chi connectivity index (χ0n) is 17.1. The van der Waals surface area contributed by atoms with Crippen molar-refractivity contribution < 1.29 is 14.3 Å². The molecule has 0 spiro atoms. The monoisotopic (exact) mass is 444 g/mol. The van der Waals surface area contributed by atoms with E-state index in [9.17, 15) is 9.59 Å². The predicted octanol–water partition coefficient (Wildman–Crippen LogP) is 3.97. The molecule has 0 bridgehead atoms. The molecule has 0 atom stereocenters. The largest absolute Gasteiger partial charge is 0.497 e. The van der Waals surface area contributed by atoms with Crippen molar-refractivity contribution in [1.29, 1.82) is 0 Å². The minimum absolute atomic E-state index is 0.0206. The Bertz CT molecular complexity index is 1140. The van der Waals surface area contributed by atoms with Gasteiger partial charge < -0.3 is 9.47 Å². The van der Waals surface area contributed by atoms with Crippen molar-refractivity contribution >= 4 is 39.1 Å². The van der Waals surface area contributed by atoms with Gasteiger partial charge in [-0.25, -0.2) is 4.98 Å². The molecule has 2 aromatic heterocycles. The smallest absolute Gasteiger partial charge is 0.263 e. The second-order valence-electron chi connectivity index (χ2n) is 7.18. The number of thioether (sulfide) groups is 1. The number of methoxy groups -OCH3 is 2. The number of thiophene rings is 1. The lowest BCUT2D eigenvalue weighted by Crippen LogP contribution is -2.26. The Balaban J connectivity index is 1.66. The summed E-state index contributed by atoms with van der Waals surface area (Å²) in [7, 11) is 3.19. The third-order valence-electron chi connectivity index (χ3n) is 5.28. The fourth-order valence-electron chi connectivity index (χ4n) is 3.72. The van der Waals surface area contributed by atoms with Gasteiger partial charge in [0.25, 0.3) is 5.56 Å². The predicted molar refractivity (Wildman–Crippen MR) is 120 cm³/mol. The molecule has 1 aliphatic carbocycles. The Morgan fingerprint density at radius 3 is 2.90 bits per heavy atom. The van der Waals surface area contributed by atoms with E-state index in [1.165, 1.54) is 22.2 Å². The normalized spacial score (nSPS) is 13.4. The third-order valence-corrected chi connectivity index (χ3v) is 7.45. The Labute approximate surface area is 183 Å². The fourth-order valence-corrected chi connectivity index (χ4v) is 5.94. The molecule has 1 aromatic carbocycles. The van der Waals surface area contributed by atoms with Crippen LogP contribution in [-0.2, 0) is 24.1 Å². The molecule has 0 amide bonds. The highest BCUT2D eigenvalue weighted by molar-refractivity contribution is 7.99. The molecule has 0 aliphatic heterocycles. The van der Waals surface area contributed by atoms with Crippen LogP contribution in [0.2, 0.25) is 0 Å². The summed E-state index contributed by atoms with van der Waals surface area (Å²) in [6.45, 7) is 0.829. The van der Waals surface area contributed by atoms with Gasteiger partial charge in [0.05, 0.1) is 31.4 Å². The second kappa shape index (κ2) is 9.32. The van der Waals surface area contributed by atoms with E-state index in [0.29, 0.717) is 29.6 Å². The first-order chi connectivity index (χ1) is 14.6. The van der Waals surface area contributed by atoms with E-state index in [1.54, 1.807) is 54.4 Å². The second-order valence-corrected chi connectivity index (χ2v) is 9.20. The van der Waals surface area contributed by atoms with E-state index in [1.807, 2.05) is 0 Å². The Hall–Kier alpha value is -2.16. The summed E-state index contributed by atoms with van der Waals surface area (Å²) in [4.78, 5) is 32.9.